The van der Waals surface area contributed by atoms with Crippen LogP contribution in [-0.2, 0) is 14.8 Å². The molecule has 2 aromatic carbocycles. The van der Waals surface area contributed by atoms with Crippen LogP contribution in [-0.4, -0.2) is 27.5 Å². The molecule has 1 aliphatic heterocycles. The average molecular weight is 449 g/mol. The van der Waals surface area contributed by atoms with Gasteiger partial charge in [0.2, 0.25) is 0 Å². The highest BCUT2D eigenvalue weighted by Crippen LogP contribution is 2.36. The summed E-state index contributed by atoms with van der Waals surface area (Å²) in [6, 6.07) is 7.70. The number of sulfonamides is 1. The van der Waals surface area contributed by atoms with Crippen molar-refractivity contribution in [1.29, 1.82) is 0 Å². The molecule has 0 unspecified atom stereocenters. The van der Waals surface area contributed by atoms with Gasteiger partial charge in [0, 0.05) is 16.2 Å². The highest BCUT2D eigenvalue weighted by atomic mass is 79.9. The quantitative estimate of drug-likeness (QED) is 0.732. The summed E-state index contributed by atoms with van der Waals surface area (Å²) >= 11 is 3.15. The second-order valence-electron chi connectivity index (χ2n) is 5.12. The molecule has 0 radical (unpaired) electrons. The summed E-state index contributed by atoms with van der Waals surface area (Å²) in [5.74, 6) is -0.222. The Morgan fingerprint density at radius 3 is 2.58 bits per heavy atom. The maximum absolute atomic E-state index is 12.6. The van der Waals surface area contributed by atoms with Gasteiger partial charge >= 0.3 is 6.61 Å². The van der Waals surface area contributed by atoms with E-state index in [9.17, 15) is 22.0 Å². The van der Waals surface area contributed by atoms with Crippen LogP contribution in [0, 0.1) is 0 Å². The summed E-state index contributed by atoms with van der Waals surface area (Å²) in [4.78, 5) is 11.2. The van der Waals surface area contributed by atoms with Crippen LogP contribution in [0.1, 0.15) is 0 Å². The number of nitrogens with one attached hydrogen (secondary N) is 2. The van der Waals surface area contributed by atoms with Crippen molar-refractivity contribution in [3.63, 3.8) is 0 Å². The van der Waals surface area contributed by atoms with Crippen LogP contribution in [0.4, 0.5) is 20.2 Å². The number of rotatable bonds is 5. The Kier molecular flexibility index (Phi) is 5.01. The number of amides is 1. The van der Waals surface area contributed by atoms with Gasteiger partial charge in [0.1, 0.15) is 16.4 Å². The molecular weight excluding hydrogens is 438 g/mol. The van der Waals surface area contributed by atoms with Gasteiger partial charge in [-0.05, 0) is 46.3 Å². The van der Waals surface area contributed by atoms with Gasteiger partial charge in [0.25, 0.3) is 15.9 Å². The number of alkyl halides is 2. The average Bonchev–Trinajstić information content (AvgIpc) is 2.55. The maximum atomic E-state index is 12.6. The van der Waals surface area contributed by atoms with Crippen molar-refractivity contribution in [2.75, 3.05) is 16.6 Å². The summed E-state index contributed by atoms with van der Waals surface area (Å²) in [5.41, 5.74) is 0.506. The molecule has 1 amide bonds. The van der Waals surface area contributed by atoms with Crippen LogP contribution in [0.5, 0.6) is 11.5 Å². The molecule has 0 aliphatic carbocycles. The van der Waals surface area contributed by atoms with Crippen LogP contribution in [0.3, 0.4) is 0 Å². The number of anilines is 2. The minimum absolute atomic E-state index is 0.0953. The lowest BCUT2D eigenvalue weighted by atomic mass is 10.2. The molecule has 138 valence electrons. The van der Waals surface area contributed by atoms with Crippen molar-refractivity contribution >= 4 is 43.2 Å². The Morgan fingerprint density at radius 1 is 1.23 bits per heavy atom. The smallest absolute Gasteiger partial charge is 0.387 e. The fourth-order valence-corrected chi connectivity index (χ4v) is 4.32. The van der Waals surface area contributed by atoms with Gasteiger partial charge in [0.05, 0.1) is 5.69 Å². The van der Waals surface area contributed by atoms with Crippen molar-refractivity contribution in [3.8, 4) is 11.5 Å². The first-order valence-corrected chi connectivity index (χ1v) is 9.36. The van der Waals surface area contributed by atoms with E-state index in [0.29, 0.717) is 5.69 Å². The monoisotopic (exact) mass is 448 g/mol. The number of fused-ring (bicyclic) bond motifs is 1. The molecule has 2 aromatic rings. The van der Waals surface area contributed by atoms with Gasteiger partial charge in [0.15, 0.2) is 6.61 Å². The second kappa shape index (κ2) is 7.08. The molecule has 26 heavy (non-hydrogen) atoms. The Labute approximate surface area is 155 Å². The van der Waals surface area contributed by atoms with E-state index in [2.05, 4.69) is 30.7 Å². The molecule has 11 heteroatoms. The van der Waals surface area contributed by atoms with Crippen molar-refractivity contribution in [3.05, 3.63) is 40.9 Å². The lowest BCUT2D eigenvalue weighted by molar-refractivity contribution is -0.118. The summed E-state index contributed by atoms with van der Waals surface area (Å²) in [6.07, 6.45) is 0. The van der Waals surface area contributed by atoms with Crippen LogP contribution in [0.2, 0.25) is 0 Å². The zero-order chi connectivity index (χ0) is 18.9. The standard InChI is InChI=1S/C15H11BrF2N2O5S/c16-10-5-11-12(24-7-14(21)19-11)6-13(10)26(22,23)20-8-1-3-9(4-2-8)25-15(17)18/h1-6,15,20H,7H2,(H,19,21). The summed E-state index contributed by atoms with van der Waals surface area (Å²) in [5, 5.41) is 2.57. The number of ether oxygens (including phenoxy) is 2. The molecule has 0 spiro atoms. The predicted octanol–water partition coefficient (Wildman–Crippen LogP) is 3.18. The first-order valence-electron chi connectivity index (χ1n) is 7.08. The maximum Gasteiger partial charge on any atom is 0.387 e. The number of benzene rings is 2. The third kappa shape index (κ3) is 4.05. The summed E-state index contributed by atoms with van der Waals surface area (Å²) in [7, 11) is -4.01. The van der Waals surface area contributed by atoms with E-state index in [1.807, 2.05) is 0 Å². The first kappa shape index (κ1) is 18.4. The Morgan fingerprint density at radius 2 is 1.92 bits per heavy atom. The normalized spacial score (nSPS) is 13.6. The van der Waals surface area contributed by atoms with Gasteiger partial charge in [-0.1, -0.05) is 0 Å². The molecule has 0 bridgehead atoms. The molecule has 0 fully saturated rings. The van der Waals surface area contributed by atoms with Crippen molar-refractivity contribution in [2.45, 2.75) is 11.5 Å². The largest absolute Gasteiger partial charge is 0.482 e. The molecule has 3 rings (SSSR count). The molecule has 0 saturated carbocycles. The van der Waals surface area contributed by atoms with E-state index in [0.717, 1.165) is 0 Å². The Bertz CT molecular complexity index is 951. The Balaban J connectivity index is 1.85. The number of hydrogen-bond donors (Lipinski definition) is 2. The van der Waals surface area contributed by atoms with E-state index in [-0.39, 0.29) is 39.1 Å². The van der Waals surface area contributed by atoms with Crippen molar-refractivity contribution in [2.24, 2.45) is 0 Å². The lowest BCUT2D eigenvalue weighted by Crippen LogP contribution is -2.26. The Hall–Kier alpha value is -2.40. The van der Waals surface area contributed by atoms with Gasteiger partial charge in [-0.15, -0.1) is 0 Å². The van der Waals surface area contributed by atoms with Gasteiger partial charge in [-0.3, -0.25) is 9.52 Å². The third-order valence-corrected chi connectivity index (χ3v) is 5.63. The zero-order valence-electron chi connectivity index (χ0n) is 12.8. The lowest BCUT2D eigenvalue weighted by Gasteiger charge is -2.20. The molecule has 1 aliphatic rings. The highest BCUT2D eigenvalue weighted by Gasteiger charge is 2.24. The minimum atomic E-state index is -4.01. The second-order valence-corrected chi connectivity index (χ2v) is 7.63. The van der Waals surface area contributed by atoms with Crippen LogP contribution in [0.25, 0.3) is 0 Å². The van der Waals surface area contributed by atoms with Crippen LogP contribution in [0.15, 0.2) is 45.8 Å². The minimum Gasteiger partial charge on any atom is -0.482 e. The SMILES string of the molecule is O=C1COc2cc(S(=O)(=O)Nc3ccc(OC(F)F)cc3)c(Br)cc2N1. The molecule has 0 atom stereocenters. The van der Waals surface area contributed by atoms with E-state index in [4.69, 9.17) is 4.74 Å². The van der Waals surface area contributed by atoms with Crippen molar-refractivity contribution in [1.82, 2.24) is 0 Å². The topological polar surface area (TPSA) is 93.7 Å². The molecule has 7 nitrogen and oxygen atoms in total. The van der Waals surface area contributed by atoms with Gasteiger partial charge in [-0.2, -0.15) is 8.78 Å². The third-order valence-electron chi connectivity index (χ3n) is 3.29. The fraction of sp³-hybridized carbons (Fsp3) is 0.133. The molecular formula is C15H11BrF2N2O5S. The van der Waals surface area contributed by atoms with Crippen LogP contribution < -0.4 is 19.5 Å². The van der Waals surface area contributed by atoms with Crippen molar-refractivity contribution < 1.29 is 31.5 Å². The molecule has 1 heterocycles. The van der Waals surface area contributed by atoms with Crippen LogP contribution >= 0.6 is 15.9 Å². The summed E-state index contributed by atoms with van der Waals surface area (Å²) in [6.45, 7) is -3.18. The van der Waals surface area contributed by atoms with Gasteiger partial charge in [-0.25, -0.2) is 8.42 Å². The predicted molar refractivity (Wildman–Crippen MR) is 92.1 cm³/mol. The first-order chi connectivity index (χ1) is 12.2. The number of halogens is 3. The van der Waals surface area contributed by atoms with Gasteiger partial charge < -0.3 is 14.8 Å². The molecule has 2 N–H and O–H groups in total. The number of carbonyl (C=O) groups is 1. The van der Waals surface area contributed by atoms with E-state index in [1.54, 1.807) is 0 Å². The number of hydrogen-bond acceptors (Lipinski definition) is 5. The zero-order valence-corrected chi connectivity index (χ0v) is 15.2. The fourth-order valence-electron chi connectivity index (χ4n) is 2.20. The molecule has 0 saturated heterocycles. The van der Waals surface area contributed by atoms with E-state index < -0.39 is 16.6 Å². The molecule has 0 aromatic heterocycles. The van der Waals surface area contributed by atoms with E-state index in [1.165, 1.54) is 36.4 Å². The van der Waals surface area contributed by atoms with E-state index >= 15 is 0 Å². The highest BCUT2D eigenvalue weighted by molar-refractivity contribution is 9.10. The number of carbonyl (C=O) groups excluding carboxylic acids is 1. The summed E-state index contributed by atoms with van der Waals surface area (Å²) < 4.78 is 61.5.